The predicted molar refractivity (Wildman–Crippen MR) is 110 cm³/mol. The van der Waals surface area contributed by atoms with Crippen LogP contribution in [0.3, 0.4) is 0 Å². The van der Waals surface area contributed by atoms with E-state index >= 15 is 0 Å². The zero-order valence-corrected chi connectivity index (χ0v) is 17.0. The Labute approximate surface area is 175 Å². The van der Waals surface area contributed by atoms with Crippen molar-refractivity contribution in [1.29, 1.82) is 0 Å². The van der Waals surface area contributed by atoms with Crippen LogP contribution >= 0.6 is 0 Å². The van der Waals surface area contributed by atoms with Crippen molar-refractivity contribution in [3.05, 3.63) is 60.1 Å². The third-order valence-electron chi connectivity index (χ3n) is 5.02. The molecule has 1 aromatic carbocycles. The van der Waals surface area contributed by atoms with Gasteiger partial charge < -0.3 is 24.7 Å². The fourth-order valence-corrected chi connectivity index (χ4v) is 3.42. The molecule has 3 rings (SSSR count). The Balaban J connectivity index is 1.60. The van der Waals surface area contributed by atoms with Gasteiger partial charge in [0.25, 0.3) is 5.91 Å². The molecular formula is C22H27N3O5. The van der Waals surface area contributed by atoms with Gasteiger partial charge in [0.05, 0.1) is 12.9 Å². The van der Waals surface area contributed by atoms with Gasteiger partial charge in [-0.3, -0.25) is 9.59 Å². The quantitative estimate of drug-likeness (QED) is 0.726. The van der Waals surface area contributed by atoms with Crippen molar-refractivity contribution in [3.63, 3.8) is 0 Å². The van der Waals surface area contributed by atoms with Gasteiger partial charge in [0.15, 0.2) is 5.76 Å². The number of ether oxygens (including phenoxy) is 1. The second-order valence-corrected chi connectivity index (χ2v) is 7.16. The molecule has 1 saturated heterocycles. The summed E-state index contributed by atoms with van der Waals surface area (Å²) in [6.07, 6.45) is 2.72. The molecule has 1 fully saturated rings. The summed E-state index contributed by atoms with van der Waals surface area (Å²) in [6, 6.07) is 11.9. The van der Waals surface area contributed by atoms with Crippen molar-refractivity contribution in [2.75, 3.05) is 19.7 Å². The Morgan fingerprint density at radius 2 is 1.87 bits per heavy atom. The Kier molecular flexibility index (Phi) is 7.48. The van der Waals surface area contributed by atoms with Gasteiger partial charge in [-0.05, 0) is 37.5 Å². The van der Waals surface area contributed by atoms with Crippen LogP contribution in [0.15, 0.2) is 53.1 Å². The first-order chi connectivity index (χ1) is 14.6. The fourth-order valence-electron chi connectivity index (χ4n) is 3.42. The Hall–Kier alpha value is -3.29. The van der Waals surface area contributed by atoms with Gasteiger partial charge in [-0.1, -0.05) is 30.3 Å². The first-order valence-electron chi connectivity index (χ1n) is 10.2. The fraction of sp³-hybridized carbons (Fsp3) is 0.409. The van der Waals surface area contributed by atoms with E-state index in [2.05, 4.69) is 10.6 Å². The molecule has 0 radical (unpaired) electrons. The normalized spacial score (nSPS) is 15.3. The molecule has 0 unspecified atom stereocenters. The van der Waals surface area contributed by atoms with Gasteiger partial charge in [-0.25, -0.2) is 4.79 Å². The SMILES string of the molecule is CCOC(=O)N1CCC(NC(=O)[C@H](Cc2ccccc2)NC(=O)c2ccco2)CC1. The summed E-state index contributed by atoms with van der Waals surface area (Å²) in [5.74, 6) is -0.537. The number of amides is 3. The highest BCUT2D eigenvalue weighted by atomic mass is 16.6. The number of carbonyl (C=O) groups is 3. The van der Waals surface area contributed by atoms with E-state index in [1.165, 1.54) is 6.26 Å². The summed E-state index contributed by atoms with van der Waals surface area (Å²) >= 11 is 0. The maximum Gasteiger partial charge on any atom is 0.409 e. The second kappa shape index (κ2) is 10.5. The average Bonchev–Trinajstić information content (AvgIpc) is 3.30. The number of carbonyl (C=O) groups excluding carboxylic acids is 3. The van der Waals surface area contributed by atoms with Crippen molar-refractivity contribution < 1.29 is 23.5 Å². The minimum Gasteiger partial charge on any atom is -0.459 e. The lowest BCUT2D eigenvalue weighted by Gasteiger charge is -2.32. The van der Waals surface area contributed by atoms with Gasteiger partial charge >= 0.3 is 6.09 Å². The summed E-state index contributed by atoms with van der Waals surface area (Å²) in [5, 5.41) is 5.79. The molecule has 1 aliphatic rings. The maximum atomic E-state index is 13.0. The van der Waals surface area contributed by atoms with E-state index in [0.717, 1.165) is 5.56 Å². The van der Waals surface area contributed by atoms with Crippen molar-refractivity contribution in [1.82, 2.24) is 15.5 Å². The smallest absolute Gasteiger partial charge is 0.409 e. The van der Waals surface area contributed by atoms with Crippen molar-refractivity contribution in [2.45, 2.75) is 38.3 Å². The molecule has 2 N–H and O–H groups in total. The number of benzene rings is 1. The minimum atomic E-state index is -0.743. The summed E-state index contributed by atoms with van der Waals surface area (Å²) in [6.45, 7) is 3.15. The number of nitrogens with zero attached hydrogens (tertiary/aromatic N) is 1. The Morgan fingerprint density at radius 3 is 2.50 bits per heavy atom. The highest BCUT2D eigenvalue weighted by molar-refractivity contribution is 5.95. The van der Waals surface area contributed by atoms with Gasteiger partial charge in [0.2, 0.25) is 5.91 Å². The topological polar surface area (TPSA) is 101 Å². The summed E-state index contributed by atoms with van der Waals surface area (Å²) in [4.78, 5) is 38.9. The summed E-state index contributed by atoms with van der Waals surface area (Å²) in [7, 11) is 0. The molecule has 0 saturated carbocycles. The molecule has 8 heteroatoms. The molecule has 3 amide bonds. The van der Waals surface area contributed by atoms with E-state index in [4.69, 9.17) is 9.15 Å². The maximum absolute atomic E-state index is 13.0. The monoisotopic (exact) mass is 413 g/mol. The lowest BCUT2D eigenvalue weighted by molar-refractivity contribution is -0.124. The molecular weight excluding hydrogens is 386 g/mol. The van der Waals surface area contributed by atoms with Crippen molar-refractivity contribution >= 4 is 17.9 Å². The van der Waals surface area contributed by atoms with Crippen LogP contribution in [0.4, 0.5) is 4.79 Å². The highest BCUT2D eigenvalue weighted by Crippen LogP contribution is 2.13. The molecule has 1 aromatic heterocycles. The molecule has 0 bridgehead atoms. The van der Waals surface area contributed by atoms with Crippen LogP contribution in [0.25, 0.3) is 0 Å². The largest absolute Gasteiger partial charge is 0.459 e. The lowest BCUT2D eigenvalue weighted by Crippen LogP contribution is -2.53. The summed E-state index contributed by atoms with van der Waals surface area (Å²) in [5.41, 5.74) is 0.939. The summed E-state index contributed by atoms with van der Waals surface area (Å²) < 4.78 is 10.2. The molecule has 0 aliphatic carbocycles. The van der Waals surface area contributed by atoms with Crippen LogP contribution in [0.2, 0.25) is 0 Å². The van der Waals surface area contributed by atoms with Gasteiger partial charge in [-0.2, -0.15) is 0 Å². The highest BCUT2D eigenvalue weighted by Gasteiger charge is 2.28. The lowest BCUT2D eigenvalue weighted by atomic mass is 10.0. The number of rotatable bonds is 7. The van der Waals surface area contributed by atoms with E-state index in [0.29, 0.717) is 39.0 Å². The molecule has 2 aromatic rings. The van der Waals surface area contributed by atoms with E-state index in [1.54, 1.807) is 24.0 Å². The molecule has 2 heterocycles. The van der Waals surface area contributed by atoms with Crippen LogP contribution in [-0.4, -0.2) is 54.6 Å². The van der Waals surface area contributed by atoms with Gasteiger partial charge in [0.1, 0.15) is 6.04 Å². The predicted octanol–water partition coefficient (Wildman–Crippen LogP) is 2.36. The Bertz CT molecular complexity index is 830. The molecule has 30 heavy (non-hydrogen) atoms. The van der Waals surface area contributed by atoms with E-state index < -0.39 is 11.9 Å². The van der Waals surface area contributed by atoms with Gasteiger partial charge in [-0.15, -0.1) is 0 Å². The number of piperidine rings is 1. The van der Waals surface area contributed by atoms with E-state index in [-0.39, 0.29) is 23.8 Å². The zero-order chi connectivity index (χ0) is 21.3. The number of furan rings is 1. The van der Waals surface area contributed by atoms with Crippen LogP contribution < -0.4 is 10.6 Å². The number of nitrogens with one attached hydrogen (secondary N) is 2. The first-order valence-corrected chi connectivity index (χ1v) is 10.2. The molecule has 8 nitrogen and oxygen atoms in total. The molecule has 1 atom stereocenters. The number of likely N-dealkylation sites (tertiary alicyclic amines) is 1. The van der Waals surface area contributed by atoms with Crippen molar-refractivity contribution in [2.24, 2.45) is 0 Å². The van der Waals surface area contributed by atoms with Gasteiger partial charge in [0, 0.05) is 25.6 Å². The number of hydrogen-bond acceptors (Lipinski definition) is 5. The standard InChI is InChI=1S/C22H27N3O5/c1-2-29-22(28)25-12-10-17(11-13-25)23-20(26)18(15-16-7-4-3-5-8-16)24-21(27)19-9-6-14-30-19/h3-9,14,17-18H,2,10-13,15H2,1H3,(H,23,26)(H,24,27)/t18-/m0/s1. The van der Waals surface area contributed by atoms with Crippen LogP contribution in [0, 0.1) is 0 Å². The van der Waals surface area contributed by atoms with Crippen LogP contribution in [0.1, 0.15) is 35.9 Å². The van der Waals surface area contributed by atoms with Crippen LogP contribution in [0.5, 0.6) is 0 Å². The third-order valence-corrected chi connectivity index (χ3v) is 5.02. The zero-order valence-electron chi connectivity index (χ0n) is 17.0. The first kappa shape index (κ1) is 21.4. The molecule has 160 valence electrons. The minimum absolute atomic E-state index is 0.0676. The second-order valence-electron chi connectivity index (χ2n) is 7.16. The van der Waals surface area contributed by atoms with E-state index in [1.807, 2.05) is 30.3 Å². The Morgan fingerprint density at radius 1 is 1.13 bits per heavy atom. The van der Waals surface area contributed by atoms with E-state index in [9.17, 15) is 14.4 Å². The molecule has 1 aliphatic heterocycles. The van der Waals surface area contributed by atoms with Crippen LogP contribution in [-0.2, 0) is 16.0 Å². The third kappa shape index (κ3) is 5.85. The number of hydrogen-bond donors (Lipinski definition) is 2. The average molecular weight is 413 g/mol. The molecule has 0 spiro atoms. The van der Waals surface area contributed by atoms with Crippen molar-refractivity contribution in [3.8, 4) is 0 Å².